The Bertz CT molecular complexity index is 473. The van der Waals surface area contributed by atoms with Gasteiger partial charge in [0, 0.05) is 13.1 Å². The van der Waals surface area contributed by atoms with Gasteiger partial charge in [0.2, 0.25) is 0 Å². The highest BCUT2D eigenvalue weighted by Crippen LogP contribution is 2.38. The van der Waals surface area contributed by atoms with E-state index in [2.05, 4.69) is 18.4 Å². The van der Waals surface area contributed by atoms with E-state index in [9.17, 15) is 0 Å². The number of nitrogens with zero attached hydrogens (tertiary/aromatic N) is 1. The number of halogens is 1. The molecule has 0 aliphatic carbocycles. The molecule has 1 heterocycles. The quantitative estimate of drug-likeness (QED) is 0.771. The standard InChI is InChI=1S/C15H20ClNO2/c1-4-17(9-11(2)3)10-12-7-13(16)15-14(8-12)18-5-6-19-15/h7-8H,2,4-6,9-10H2,1,3H3. The molecule has 0 atom stereocenters. The fourth-order valence-corrected chi connectivity index (χ4v) is 2.46. The zero-order valence-corrected chi connectivity index (χ0v) is 12.3. The van der Waals surface area contributed by atoms with E-state index in [1.54, 1.807) is 0 Å². The van der Waals surface area contributed by atoms with Gasteiger partial charge in [-0.2, -0.15) is 0 Å². The summed E-state index contributed by atoms with van der Waals surface area (Å²) in [4.78, 5) is 2.31. The molecule has 0 radical (unpaired) electrons. The molecule has 0 N–H and O–H groups in total. The molecule has 104 valence electrons. The summed E-state index contributed by atoms with van der Waals surface area (Å²) < 4.78 is 11.1. The second kappa shape index (κ2) is 6.31. The van der Waals surface area contributed by atoms with Crippen LogP contribution in [0.2, 0.25) is 5.02 Å². The van der Waals surface area contributed by atoms with Gasteiger partial charge in [-0.15, -0.1) is 0 Å². The van der Waals surface area contributed by atoms with Crippen molar-refractivity contribution in [3.63, 3.8) is 0 Å². The summed E-state index contributed by atoms with van der Waals surface area (Å²) >= 11 is 6.24. The van der Waals surface area contributed by atoms with Crippen LogP contribution in [0.4, 0.5) is 0 Å². The average Bonchev–Trinajstić information content (AvgIpc) is 2.37. The third kappa shape index (κ3) is 3.64. The Morgan fingerprint density at radius 3 is 2.79 bits per heavy atom. The maximum absolute atomic E-state index is 6.24. The van der Waals surface area contributed by atoms with Crippen molar-refractivity contribution in [1.82, 2.24) is 4.90 Å². The molecular formula is C15H20ClNO2. The maximum Gasteiger partial charge on any atom is 0.179 e. The minimum atomic E-state index is 0.558. The van der Waals surface area contributed by atoms with Gasteiger partial charge >= 0.3 is 0 Å². The predicted molar refractivity (Wildman–Crippen MR) is 78.2 cm³/mol. The molecule has 0 bridgehead atoms. The molecule has 0 fully saturated rings. The van der Waals surface area contributed by atoms with E-state index in [4.69, 9.17) is 21.1 Å². The van der Waals surface area contributed by atoms with Crippen LogP contribution in [-0.2, 0) is 6.54 Å². The van der Waals surface area contributed by atoms with E-state index < -0.39 is 0 Å². The number of rotatable bonds is 5. The third-order valence-electron chi connectivity index (χ3n) is 3.00. The lowest BCUT2D eigenvalue weighted by Gasteiger charge is -2.23. The van der Waals surface area contributed by atoms with Crippen LogP contribution in [0.1, 0.15) is 19.4 Å². The van der Waals surface area contributed by atoms with Crippen molar-refractivity contribution in [3.8, 4) is 11.5 Å². The van der Waals surface area contributed by atoms with Gasteiger partial charge in [-0.1, -0.05) is 30.7 Å². The van der Waals surface area contributed by atoms with Crippen LogP contribution in [0.25, 0.3) is 0 Å². The van der Waals surface area contributed by atoms with E-state index in [0.29, 0.717) is 24.0 Å². The molecule has 1 aromatic carbocycles. The highest BCUT2D eigenvalue weighted by atomic mass is 35.5. The Morgan fingerprint density at radius 2 is 2.11 bits per heavy atom. The molecule has 1 aromatic rings. The minimum Gasteiger partial charge on any atom is -0.486 e. The van der Waals surface area contributed by atoms with E-state index in [-0.39, 0.29) is 0 Å². The van der Waals surface area contributed by atoms with Crippen LogP contribution >= 0.6 is 11.6 Å². The lowest BCUT2D eigenvalue weighted by molar-refractivity contribution is 0.171. The summed E-state index contributed by atoms with van der Waals surface area (Å²) in [6.07, 6.45) is 0. The van der Waals surface area contributed by atoms with E-state index >= 15 is 0 Å². The van der Waals surface area contributed by atoms with Crippen molar-refractivity contribution in [1.29, 1.82) is 0 Å². The lowest BCUT2D eigenvalue weighted by atomic mass is 10.1. The van der Waals surface area contributed by atoms with Crippen molar-refractivity contribution in [3.05, 3.63) is 34.9 Å². The first-order chi connectivity index (χ1) is 9.10. The third-order valence-corrected chi connectivity index (χ3v) is 3.28. The lowest BCUT2D eigenvalue weighted by Crippen LogP contribution is -2.24. The maximum atomic E-state index is 6.24. The second-order valence-corrected chi connectivity index (χ2v) is 5.27. The summed E-state index contributed by atoms with van der Waals surface area (Å²) in [5.41, 5.74) is 2.29. The molecule has 1 aliphatic rings. The normalized spacial score (nSPS) is 13.7. The van der Waals surface area contributed by atoms with Gasteiger partial charge in [0.05, 0.1) is 5.02 Å². The van der Waals surface area contributed by atoms with E-state index in [1.165, 1.54) is 0 Å². The number of hydrogen-bond acceptors (Lipinski definition) is 3. The fourth-order valence-electron chi connectivity index (χ4n) is 2.17. The zero-order chi connectivity index (χ0) is 13.8. The zero-order valence-electron chi connectivity index (χ0n) is 11.5. The molecule has 4 heteroatoms. The molecule has 3 nitrogen and oxygen atoms in total. The van der Waals surface area contributed by atoms with Gasteiger partial charge in [0.1, 0.15) is 13.2 Å². The van der Waals surface area contributed by atoms with Gasteiger partial charge in [0.15, 0.2) is 11.5 Å². The van der Waals surface area contributed by atoms with Gasteiger partial charge in [-0.25, -0.2) is 0 Å². The van der Waals surface area contributed by atoms with Gasteiger partial charge in [0.25, 0.3) is 0 Å². The van der Waals surface area contributed by atoms with E-state index in [0.717, 1.165) is 36.5 Å². The molecule has 1 aliphatic heterocycles. The number of fused-ring (bicyclic) bond motifs is 1. The van der Waals surface area contributed by atoms with Crippen LogP contribution in [0, 0.1) is 0 Å². The number of benzene rings is 1. The number of ether oxygens (including phenoxy) is 2. The molecule has 2 rings (SSSR count). The van der Waals surface area contributed by atoms with Gasteiger partial charge in [-0.3, -0.25) is 4.90 Å². The Morgan fingerprint density at radius 1 is 1.37 bits per heavy atom. The summed E-state index contributed by atoms with van der Waals surface area (Å²) in [6.45, 7) is 12.0. The smallest absolute Gasteiger partial charge is 0.179 e. The summed E-state index contributed by atoms with van der Waals surface area (Å²) in [5, 5.41) is 0.624. The first kappa shape index (κ1) is 14.2. The van der Waals surface area contributed by atoms with Crippen molar-refractivity contribution < 1.29 is 9.47 Å². The molecule has 0 saturated carbocycles. The van der Waals surface area contributed by atoms with Gasteiger partial charge in [-0.05, 0) is 31.2 Å². The Hall–Kier alpha value is -1.19. The average molecular weight is 282 g/mol. The molecule has 0 saturated heterocycles. The molecule has 0 amide bonds. The SMILES string of the molecule is C=C(C)CN(CC)Cc1cc(Cl)c2c(c1)OCCO2. The first-order valence-corrected chi connectivity index (χ1v) is 6.92. The summed E-state index contributed by atoms with van der Waals surface area (Å²) in [5.74, 6) is 1.42. The molecule has 0 aromatic heterocycles. The monoisotopic (exact) mass is 281 g/mol. The Labute approximate surface area is 119 Å². The fraction of sp³-hybridized carbons (Fsp3) is 0.467. The van der Waals surface area contributed by atoms with Crippen LogP contribution in [0.3, 0.4) is 0 Å². The van der Waals surface area contributed by atoms with Crippen LogP contribution in [0.15, 0.2) is 24.3 Å². The van der Waals surface area contributed by atoms with Crippen molar-refractivity contribution in [2.24, 2.45) is 0 Å². The molecule has 0 unspecified atom stereocenters. The van der Waals surface area contributed by atoms with Crippen LogP contribution < -0.4 is 9.47 Å². The topological polar surface area (TPSA) is 21.7 Å². The molecular weight excluding hydrogens is 262 g/mol. The molecule has 0 spiro atoms. The van der Waals surface area contributed by atoms with Crippen molar-refractivity contribution >= 4 is 11.6 Å². The highest BCUT2D eigenvalue weighted by molar-refractivity contribution is 6.32. The second-order valence-electron chi connectivity index (χ2n) is 4.86. The van der Waals surface area contributed by atoms with Crippen molar-refractivity contribution in [2.45, 2.75) is 20.4 Å². The minimum absolute atomic E-state index is 0.558. The van der Waals surface area contributed by atoms with Crippen LogP contribution in [0.5, 0.6) is 11.5 Å². The summed E-state index contributed by atoms with van der Waals surface area (Å²) in [7, 11) is 0. The predicted octanol–water partition coefficient (Wildman–Crippen LogP) is 3.51. The van der Waals surface area contributed by atoms with Gasteiger partial charge < -0.3 is 9.47 Å². The number of likely N-dealkylation sites (N-methyl/N-ethyl adjacent to an activating group) is 1. The number of hydrogen-bond donors (Lipinski definition) is 0. The van der Waals surface area contributed by atoms with E-state index in [1.807, 2.05) is 19.1 Å². The first-order valence-electron chi connectivity index (χ1n) is 6.55. The van der Waals surface area contributed by atoms with Crippen LogP contribution in [-0.4, -0.2) is 31.2 Å². The largest absolute Gasteiger partial charge is 0.486 e. The Kier molecular flexibility index (Phi) is 4.72. The summed E-state index contributed by atoms with van der Waals surface area (Å²) in [6, 6.07) is 3.97. The highest BCUT2D eigenvalue weighted by Gasteiger charge is 2.17. The van der Waals surface area contributed by atoms with Crippen molar-refractivity contribution in [2.75, 3.05) is 26.3 Å². The molecule has 19 heavy (non-hydrogen) atoms. The Balaban J connectivity index is 2.16.